The van der Waals surface area contributed by atoms with Crippen LogP contribution in [0.15, 0.2) is 17.2 Å². The van der Waals surface area contributed by atoms with Crippen LogP contribution >= 0.6 is 0 Å². The first kappa shape index (κ1) is 14.3. The van der Waals surface area contributed by atoms with Crippen molar-refractivity contribution in [2.24, 2.45) is 0 Å². The van der Waals surface area contributed by atoms with Crippen LogP contribution in [0.25, 0.3) is 0 Å². The number of nitrogens with one attached hydrogen (secondary N) is 2. The van der Waals surface area contributed by atoms with Crippen molar-refractivity contribution in [1.82, 2.24) is 15.3 Å². The first-order valence-electron chi connectivity index (χ1n) is 5.49. The molecule has 0 bridgehead atoms. The van der Waals surface area contributed by atoms with Crippen molar-refractivity contribution in [3.05, 3.63) is 28.4 Å². The summed E-state index contributed by atoms with van der Waals surface area (Å²) in [6.45, 7) is 2.09. The number of hydrogen-bond acceptors (Lipinski definition) is 5. The molecule has 0 saturated heterocycles. The summed E-state index contributed by atoms with van der Waals surface area (Å²) in [7, 11) is 1.54. The van der Waals surface area contributed by atoms with E-state index in [1.165, 1.54) is 6.20 Å². The third-order valence-electron chi connectivity index (χ3n) is 2.38. The van der Waals surface area contributed by atoms with E-state index in [-0.39, 0.29) is 17.8 Å². The fourth-order valence-corrected chi connectivity index (χ4v) is 1.24. The van der Waals surface area contributed by atoms with Crippen molar-refractivity contribution in [2.45, 2.75) is 18.9 Å². The molecule has 0 aliphatic carbocycles. The van der Waals surface area contributed by atoms with Crippen molar-refractivity contribution in [3.63, 3.8) is 0 Å². The van der Waals surface area contributed by atoms with Gasteiger partial charge in [-0.05, 0) is 6.92 Å². The predicted molar refractivity (Wildman–Crippen MR) is 64.3 cm³/mol. The van der Waals surface area contributed by atoms with Gasteiger partial charge in [-0.2, -0.15) is 0 Å². The van der Waals surface area contributed by atoms with E-state index >= 15 is 0 Å². The Morgan fingerprint density at radius 3 is 2.94 bits per heavy atom. The van der Waals surface area contributed by atoms with Gasteiger partial charge in [-0.25, -0.2) is 4.98 Å². The Kier molecular flexibility index (Phi) is 4.99. The number of aromatic amines is 1. The van der Waals surface area contributed by atoms with Gasteiger partial charge in [-0.1, -0.05) is 0 Å². The van der Waals surface area contributed by atoms with Crippen LogP contribution < -0.4 is 10.9 Å². The topological polar surface area (TPSA) is 104 Å². The number of hydrogen-bond donors (Lipinski definition) is 3. The molecule has 1 amide bonds. The highest BCUT2D eigenvalue weighted by atomic mass is 16.5. The monoisotopic (exact) mass is 255 g/mol. The number of amides is 1. The van der Waals surface area contributed by atoms with E-state index in [0.717, 1.165) is 6.20 Å². The number of carbonyl (C=O) groups excluding carboxylic acids is 1. The SMILES string of the molecule is COCCC(C)(O)CNC(=O)c1c[nH]c(=O)cn1. The Bertz CT molecular complexity index is 435. The van der Waals surface area contributed by atoms with E-state index in [4.69, 9.17) is 4.74 Å². The molecule has 0 aliphatic heterocycles. The number of nitrogens with zero attached hydrogens (tertiary/aromatic N) is 1. The molecule has 0 saturated carbocycles. The molecule has 18 heavy (non-hydrogen) atoms. The molecule has 1 atom stereocenters. The highest BCUT2D eigenvalue weighted by Gasteiger charge is 2.21. The highest BCUT2D eigenvalue weighted by molar-refractivity contribution is 5.91. The normalized spacial score (nSPS) is 13.9. The van der Waals surface area contributed by atoms with E-state index in [0.29, 0.717) is 13.0 Å². The van der Waals surface area contributed by atoms with E-state index in [1.54, 1.807) is 14.0 Å². The standard InChI is InChI=1S/C11H17N3O4/c1-11(17,3-4-18-2)7-14-10(16)8-5-13-9(15)6-12-8/h5-6,17H,3-4,7H2,1-2H3,(H,13,15)(H,14,16). The smallest absolute Gasteiger partial charge is 0.271 e. The molecule has 1 aromatic rings. The molecule has 0 spiro atoms. The van der Waals surface area contributed by atoms with Gasteiger partial charge in [-0.15, -0.1) is 0 Å². The molecule has 0 aromatic carbocycles. The van der Waals surface area contributed by atoms with Crippen LogP contribution in [0.4, 0.5) is 0 Å². The van der Waals surface area contributed by atoms with E-state index in [2.05, 4.69) is 15.3 Å². The number of methoxy groups -OCH3 is 1. The average Bonchev–Trinajstić information content (AvgIpc) is 2.35. The lowest BCUT2D eigenvalue weighted by Gasteiger charge is -2.23. The zero-order valence-corrected chi connectivity index (χ0v) is 10.4. The van der Waals surface area contributed by atoms with Gasteiger partial charge in [0.2, 0.25) is 0 Å². The Morgan fingerprint density at radius 1 is 1.67 bits per heavy atom. The molecule has 0 radical (unpaired) electrons. The van der Waals surface area contributed by atoms with Gasteiger partial charge in [-0.3, -0.25) is 9.59 Å². The number of ether oxygens (including phenoxy) is 1. The van der Waals surface area contributed by atoms with Crippen LogP contribution in [0.2, 0.25) is 0 Å². The second-order valence-corrected chi connectivity index (χ2v) is 4.22. The molecule has 100 valence electrons. The zero-order chi connectivity index (χ0) is 13.6. The molecular formula is C11H17N3O4. The van der Waals surface area contributed by atoms with Crippen LogP contribution in [0.5, 0.6) is 0 Å². The van der Waals surface area contributed by atoms with Crippen molar-refractivity contribution in [2.75, 3.05) is 20.3 Å². The maximum atomic E-state index is 11.6. The molecule has 1 unspecified atom stereocenters. The number of rotatable bonds is 6. The second-order valence-electron chi connectivity index (χ2n) is 4.22. The van der Waals surface area contributed by atoms with Crippen molar-refractivity contribution in [1.29, 1.82) is 0 Å². The van der Waals surface area contributed by atoms with Gasteiger partial charge in [0.25, 0.3) is 11.5 Å². The lowest BCUT2D eigenvalue weighted by Crippen LogP contribution is -2.41. The van der Waals surface area contributed by atoms with Crippen molar-refractivity contribution >= 4 is 5.91 Å². The zero-order valence-electron chi connectivity index (χ0n) is 10.4. The molecule has 1 rings (SSSR count). The Labute approximate surface area is 104 Å². The van der Waals surface area contributed by atoms with Gasteiger partial charge >= 0.3 is 0 Å². The van der Waals surface area contributed by atoms with Crippen LogP contribution in [-0.2, 0) is 4.74 Å². The first-order valence-corrected chi connectivity index (χ1v) is 5.49. The van der Waals surface area contributed by atoms with E-state index in [9.17, 15) is 14.7 Å². The number of aromatic nitrogens is 2. The highest BCUT2D eigenvalue weighted by Crippen LogP contribution is 2.07. The summed E-state index contributed by atoms with van der Waals surface area (Å²) in [6.07, 6.45) is 2.66. The van der Waals surface area contributed by atoms with E-state index < -0.39 is 11.5 Å². The minimum Gasteiger partial charge on any atom is -0.388 e. The molecule has 7 nitrogen and oxygen atoms in total. The predicted octanol–water partition coefficient (Wildman–Crippen LogP) is -0.713. The van der Waals surface area contributed by atoms with Gasteiger partial charge < -0.3 is 20.1 Å². The van der Waals surface area contributed by atoms with Crippen LogP contribution in [0.1, 0.15) is 23.8 Å². The Morgan fingerprint density at radius 2 is 2.39 bits per heavy atom. The molecule has 0 fully saturated rings. The second kappa shape index (κ2) is 6.27. The molecule has 1 heterocycles. The molecular weight excluding hydrogens is 238 g/mol. The number of H-pyrrole nitrogens is 1. The third kappa shape index (κ3) is 4.64. The largest absolute Gasteiger partial charge is 0.388 e. The maximum Gasteiger partial charge on any atom is 0.271 e. The van der Waals surface area contributed by atoms with Crippen LogP contribution in [0, 0.1) is 0 Å². The lowest BCUT2D eigenvalue weighted by atomic mass is 10.0. The number of aliphatic hydroxyl groups is 1. The molecule has 1 aromatic heterocycles. The van der Waals surface area contributed by atoms with Crippen LogP contribution in [-0.4, -0.2) is 46.8 Å². The van der Waals surface area contributed by atoms with E-state index in [1.807, 2.05) is 0 Å². The third-order valence-corrected chi connectivity index (χ3v) is 2.38. The minimum absolute atomic E-state index is 0.0794. The molecule has 7 heteroatoms. The minimum atomic E-state index is -1.05. The molecule has 3 N–H and O–H groups in total. The van der Waals surface area contributed by atoms with Gasteiger partial charge in [0.15, 0.2) is 0 Å². The Hall–Kier alpha value is -1.73. The molecule has 0 aliphatic rings. The average molecular weight is 255 g/mol. The summed E-state index contributed by atoms with van der Waals surface area (Å²) in [5.74, 6) is -0.455. The fourth-order valence-electron chi connectivity index (χ4n) is 1.24. The summed E-state index contributed by atoms with van der Waals surface area (Å²) in [5.41, 5.74) is -1.33. The summed E-state index contributed by atoms with van der Waals surface area (Å²) < 4.78 is 4.86. The van der Waals surface area contributed by atoms with Gasteiger partial charge in [0.1, 0.15) is 5.69 Å². The first-order chi connectivity index (χ1) is 8.44. The summed E-state index contributed by atoms with van der Waals surface area (Å²) in [4.78, 5) is 28.4. The van der Waals surface area contributed by atoms with Crippen LogP contribution in [0.3, 0.4) is 0 Å². The quantitative estimate of drug-likeness (QED) is 0.622. The Balaban J connectivity index is 2.50. The van der Waals surface area contributed by atoms with Gasteiger partial charge in [0.05, 0.1) is 11.8 Å². The summed E-state index contributed by atoms with van der Waals surface area (Å²) >= 11 is 0. The lowest BCUT2D eigenvalue weighted by molar-refractivity contribution is 0.0243. The fraction of sp³-hybridized carbons (Fsp3) is 0.545. The maximum absolute atomic E-state index is 11.6. The summed E-state index contributed by atoms with van der Waals surface area (Å²) in [6, 6.07) is 0. The number of carbonyl (C=O) groups is 1. The van der Waals surface area contributed by atoms with Gasteiger partial charge in [0, 0.05) is 32.9 Å². The summed E-state index contributed by atoms with van der Waals surface area (Å²) in [5, 5.41) is 12.5. The van der Waals surface area contributed by atoms with Crippen molar-refractivity contribution < 1.29 is 14.6 Å². The van der Waals surface area contributed by atoms with Crippen molar-refractivity contribution in [3.8, 4) is 0 Å².